The van der Waals surface area contributed by atoms with Gasteiger partial charge in [0.25, 0.3) is 0 Å². The highest BCUT2D eigenvalue weighted by Crippen LogP contribution is 2.39. The first-order chi connectivity index (χ1) is 11.0. The van der Waals surface area contributed by atoms with Gasteiger partial charge in [-0.25, -0.2) is 9.78 Å². The summed E-state index contributed by atoms with van der Waals surface area (Å²) in [6.45, 7) is 9.96. The lowest BCUT2D eigenvalue weighted by molar-refractivity contribution is -0.499. The van der Waals surface area contributed by atoms with Gasteiger partial charge in [0.1, 0.15) is 5.60 Å². The van der Waals surface area contributed by atoms with E-state index in [1.54, 1.807) is 6.08 Å². The highest BCUT2D eigenvalue weighted by atomic mass is 17.2. The molecule has 2 fully saturated rings. The fourth-order valence-corrected chi connectivity index (χ4v) is 2.90. The number of rotatable bonds is 7. The molecule has 0 aromatic heterocycles. The smallest absolute Gasteiger partial charge is 0.243 e. The molecule has 1 saturated heterocycles. The molecular weight excluding hydrogens is 296 g/mol. The first kappa shape index (κ1) is 18.4. The normalized spacial score (nSPS) is 27.1. The van der Waals surface area contributed by atoms with E-state index in [0.29, 0.717) is 13.2 Å². The van der Waals surface area contributed by atoms with Crippen LogP contribution < -0.4 is 5.32 Å². The van der Waals surface area contributed by atoms with Crippen LogP contribution in [0.15, 0.2) is 12.2 Å². The fourth-order valence-electron chi connectivity index (χ4n) is 2.90. The molecule has 1 spiro atoms. The van der Waals surface area contributed by atoms with Crippen LogP contribution >= 0.6 is 0 Å². The number of amides is 1. The number of carbonyl (C=O) groups is 1. The summed E-state index contributed by atoms with van der Waals surface area (Å²) in [6.07, 6.45) is 7.16. The minimum absolute atomic E-state index is 0.122. The Kier molecular flexibility index (Phi) is 6.59. The van der Waals surface area contributed by atoms with E-state index in [2.05, 4.69) is 24.1 Å². The molecule has 2 aliphatic rings. The van der Waals surface area contributed by atoms with Crippen molar-refractivity contribution in [2.45, 2.75) is 57.8 Å². The maximum atomic E-state index is 11.9. The molecular formula is C17H30N2O4. The predicted molar refractivity (Wildman–Crippen MR) is 87.7 cm³/mol. The molecule has 132 valence electrons. The first-order valence-corrected chi connectivity index (χ1v) is 8.71. The van der Waals surface area contributed by atoms with Crippen molar-refractivity contribution in [1.29, 1.82) is 0 Å². The van der Waals surface area contributed by atoms with Crippen LogP contribution in [0.1, 0.15) is 46.5 Å². The van der Waals surface area contributed by atoms with Crippen LogP contribution in [0.5, 0.6) is 0 Å². The largest absolute Gasteiger partial charge is 0.351 e. The molecule has 0 aromatic carbocycles. The van der Waals surface area contributed by atoms with Gasteiger partial charge in [-0.2, -0.15) is 0 Å². The Hall–Kier alpha value is -0.950. The van der Waals surface area contributed by atoms with E-state index in [1.807, 2.05) is 6.92 Å². The van der Waals surface area contributed by atoms with Crippen LogP contribution in [0.2, 0.25) is 0 Å². The number of hydrogen-bond acceptors (Lipinski definition) is 5. The molecule has 1 aliphatic carbocycles. The molecule has 23 heavy (non-hydrogen) atoms. The Morgan fingerprint density at radius 2 is 1.91 bits per heavy atom. The van der Waals surface area contributed by atoms with Gasteiger partial charge in [0.05, 0.1) is 6.61 Å². The summed E-state index contributed by atoms with van der Waals surface area (Å²) in [4.78, 5) is 25.2. The average molecular weight is 326 g/mol. The molecule has 0 radical (unpaired) electrons. The summed E-state index contributed by atoms with van der Waals surface area (Å²) < 4.78 is 5.88. The van der Waals surface area contributed by atoms with E-state index in [4.69, 9.17) is 14.5 Å². The lowest BCUT2D eigenvalue weighted by Gasteiger charge is -2.40. The highest BCUT2D eigenvalue weighted by molar-refractivity contribution is 5.87. The van der Waals surface area contributed by atoms with Gasteiger partial charge < -0.3 is 15.0 Å². The van der Waals surface area contributed by atoms with E-state index in [-0.39, 0.29) is 5.91 Å². The number of likely N-dealkylation sites (N-methyl/N-ethyl adjacent to an activating group) is 1. The summed E-state index contributed by atoms with van der Waals surface area (Å²) in [6, 6.07) is 0. The van der Waals surface area contributed by atoms with Crippen molar-refractivity contribution in [3.8, 4) is 0 Å². The molecule has 1 N–H and O–H groups in total. The second kappa shape index (κ2) is 8.24. The minimum Gasteiger partial charge on any atom is -0.351 e. The molecule has 6 nitrogen and oxygen atoms in total. The molecule has 1 unspecified atom stereocenters. The van der Waals surface area contributed by atoms with Gasteiger partial charge in [-0.05, 0) is 38.9 Å². The van der Waals surface area contributed by atoms with Gasteiger partial charge in [0, 0.05) is 32.0 Å². The topological polar surface area (TPSA) is 60.0 Å². The minimum atomic E-state index is -0.718. The Labute approximate surface area is 139 Å². The average Bonchev–Trinajstić information content (AvgIpc) is 3.02. The summed E-state index contributed by atoms with van der Waals surface area (Å²) in [5.74, 6) is -0.678. The molecule has 1 atom stereocenters. The van der Waals surface area contributed by atoms with Gasteiger partial charge in [-0.15, -0.1) is 0 Å². The summed E-state index contributed by atoms with van der Waals surface area (Å²) in [5, 5.41) is 2.88. The quantitative estimate of drug-likeness (QED) is 0.573. The second-order valence-electron chi connectivity index (χ2n) is 6.54. The van der Waals surface area contributed by atoms with Gasteiger partial charge in [-0.1, -0.05) is 13.8 Å². The molecule has 1 aliphatic heterocycles. The summed E-state index contributed by atoms with van der Waals surface area (Å²) in [5.41, 5.74) is -0.718. The number of ether oxygens (including phenoxy) is 1. The van der Waals surface area contributed by atoms with Crippen molar-refractivity contribution >= 4 is 5.91 Å². The molecule has 1 heterocycles. The maximum Gasteiger partial charge on any atom is 0.243 e. The number of carbonyl (C=O) groups excluding carboxylic acids is 1. The van der Waals surface area contributed by atoms with Crippen molar-refractivity contribution in [3.63, 3.8) is 0 Å². The summed E-state index contributed by atoms with van der Waals surface area (Å²) in [7, 11) is 0. The third kappa shape index (κ3) is 5.28. The van der Waals surface area contributed by atoms with Crippen LogP contribution in [-0.2, 0) is 19.3 Å². The van der Waals surface area contributed by atoms with Crippen LogP contribution in [0, 0.1) is 0 Å². The Balaban J connectivity index is 1.72. The zero-order chi connectivity index (χ0) is 16.8. The van der Waals surface area contributed by atoms with E-state index in [1.165, 1.54) is 6.08 Å². The van der Waals surface area contributed by atoms with Gasteiger partial charge in [0.15, 0.2) is 0 Å². The van der Waals surface area contributed by atoms with Crippen molar-refractivity contribution in [1.82, 2.24) is 10.2 Å². The number of nitrogens with zero attached hydrogens (tertiary/aromatic N) is 1. The molecule has 0 aromatic rings. The maximum absolute atomic E-state index is 11.9. The van der Waals surface area contributed by atoms with Gasteiger partial charge in [0.2, 0.25) is 11.7 Å². The highest BCUT2D eigenvalue weighted by Gasteiger charge is 2.45. The van der Waals surface area contributed by atoms with Crippen LogP contribution in [0.4, 0.5) is 0 Å². The van der Waals surface area contributed by atoms with Gasteiger partial charge >= 0.3 is 0 Å². The second-order valence-corrected chi connectivity index (χ2v) is 6.54. The molecule has 1 amide bonds. The third-order valence-electron chi connectivity index (χ3n) is 4.58. The number of hydrogen-bond donors (Lipinski definition) is 1. The van der Waals surface area contributed by atoms with E-state index >= 15 is 0 Å². The van der Waals surface area contributed by atoms with Gasteiger partial charge in [-0.3, -0.25) is 4.79 Å². The van der Waals surface area contributed by atoms with Crippen molar-refractivity contribution in [3.05, 3.63) is 12.2 Å². The third-order valence-corrected chi connectivity index (χ3v) is 4.58. The molecule has 0 bridgehead atoms. The summed E-state index contributed by atoms with van der Waals surface area (Å²) >= 11 is 0. The number of nitrogens with one attached hydrogen (secondary N) is 1. The first-order valence-electron chi connectivity index (χ1n) is 8.71. The Morgan fingerprint density at radius 1 is 1.22 bits per heavy atom. The SMILES string of the molecule is CCN(CC)CCNC(=O)/C=C/C1(C)COC2(CCCC2)OO1. The van der Waals surface area contributed by atoms with E-state index in [0.717, 1.165) is 45.3 Å². The van der Waals surface area contributed by atoms with Crippen molar-refractivity contribution in [2.24, 2.45) is 0 Å². The van der Waals surface area contributed by atoms with E-state index in [9.17, 15) is 4.79 Å². The van der Waals surface area contributed by atoms with Crippen molar-refractivity contribution in [2.75, 3.05) is 32.8 Å². The monoisotopic (exact) mass is 326 g/mol. The lowest BCUT2D eigenvalue weighted by atomic mass is 10.1. The Bertz CT molecular complexity index is 405. The molecule has 6 heteroatoms. The van der Waals surface area contributed by atoms with Crippen LogP contribution in [0.3, 0.4) is 0 Å². The van der Waals surface area contributed by atoms with Crippen molar-refractivity contribution < 1.29 is 19.3 Å². The molecule has 2 rings (SSSR count). The van der Waals surface area contributed by atoms with Crippen LogP contribution in [-0.4, -0.2) is 55.0 Å². The zero-order valence-corrected chi connectivity index (χ0v) is 14.6. The predicted octanol–water partition coefficient (Wildman–Crippen LogP) is 2.01. The Morgan fingerprint density at radius 3 is 2.48 bits per heavy atom. The van der Waals surface area contributed by atoms with Crippen LogP contribution in [0.25, 0.3) is 0 Å². The standard InChI is InChI=1S/C17H30N2O4/c1-4-19(5-2)13-12-18-15(20)8-11-16(3)14-21-17(23-22-16)9-6-7-10-17/h8,11H,4-7,9-10,12-14H2,1-3H3,(H,18,20)/b11-8+. The van der Waals surface area contributed by atoms with E-state index < -0.39 is 11.4 Å². The fraction of sp³-hybridized carbons (Fsp3) is 0.824. The molecule has 1 saturated carbocycles. The lowest BCUT2D eigenvalue weighted by Crippen LogP contribution is -2.48. The zero-order valence-electron chi connectivity index (χ0n) is 14.6.